The Balaban J connectivity index is 1.60. The molecule has 170 valence electrons. The second-order valence-corrected chi connectivity index (χ2v) is 10.4. The highest BCUT2D eigenvalue weighted by atomic mass is 32.2. The van der Waals surface area contributed by atoms with E-state index in [1.165, 1.54) is 4.31 Å². The highest BCUT2D eigenvalue weighted by Gasteiger charge is 2.34. The quantitative estimate of drug-likeness (QED) is 0.584. The van der Waals surface area contributed by atoms with Crippen molar-refractivity contribution in [1.29, 1.82) is 0 Å². The van der Waals surface area contributed by atoms with Gasteiger partial charge in [0.25, 0.3) is 0 Å². The molecule has 0 spiro atoms. The van der Waals surface area contributed by atoms with E-state index >= 15 is 0 Å². The second-order valence-electron chi connectivity index (χ2n) is 8.44. The molecule has 1 unspecified atom stereocenters. The number of carbonyl (C=O) groups is 1. The molecule has 1 atom stereocenters. The van der Waals surface area contributed by atoms with Gasteiger partial charge < -0.3 is 14.4 Å². The van der Waals surface area contributed by atoms with Gasteiger partial charge in [-0.1, -0.05) is 0 Å². The monoisotopic (exact) mass is 457 g/mol. The van der Waals surface area contributed by atoms with Crippen LogP contribution in [0.4, 0.5) is 0 Å². The summed E-state index contributed by atoms with van der Waals surface area (Å²) in [4.78, 5) is 15.6. The average molecular weight is 458 g/mol. The fraction of sp³-hybridized carbons (Fsp3) is 0.391. The maximum absolute atomic E-state index is 13.3. The molecule has 4 rings (SSSR count). The zero-order chi connectivity index (χ0) is 23.0. The van der Waals surface area contributed by atoms with Crippen LogP contribution in [0.2, 0.25) is 0 Å². The first-order valence-corrected chi connectivity index (χ1v) is 12.0. The standard InChI is InChI=1S/C23H27N3O5S/c1-15(2)31-22-5-4-18(10-16(22)3)32(29,30)26-9-7-17(12-26)20-13-25(14-23(27)28)21-11-24-8-6-19(20)21/h4-6,8,10-11,13,15,17H,7,9,12,14H2,1-3H3,(H,27,28). The van der Waals surface area contributed by atoms with Crippen LogP contribution in [0.1, 0.15) is 37.3 Å². The average Bonchev–Trinajstić information content (AvgIpc) is 3.35. The van der Waals surface area contributed by atoms with Crippen LogP contribution < -0.4 is 4.74 Å². The van der Waals surface area contributed by atoms with E-state index < -0.39 is 16.0 Å². The van der Waals surface area contributed by atoms with E-state index in [4.69, 9.17) is 4.74 Å². The summed E-state index contributed by atoms with van der Waals surface area (Å²) in [6.07, 6.45) is 5.82. The lowest BCUT2D eigenvalue weighted by Crippen LogP contribution is -2.28. The highest BCUT2D eigenvalue weighted by molar-refractivity contribution is 7.89. The molecule has 0 aliphatic carbocycles. The van der Waals surface area contributed by atoms with E-state index in [1.54, 1.807) is 35.2 Å². The van der Waals surface area contributed by atoms with Gasteiger partial charge in [-0.15, -0.1) is 0 Å². The maximum Gasteiger partial charge on any atom is 0.323 e. The highest BCUT2D eigenvalue weighted by Crippen LogP contribution is 2.36. The maximum atomic E-state index is 13.3. The van der Waals surface area contributed by atoms with Gasteiger partial charge in [-0.05, 0) is 62.6 Å². The van der Waals surface area contributed by atoms with E-state index in [0.29, 0.717) is 25.3 Å². The molecule has 0 radical (unpaired) electrons. The van der Waals surface area contributed by atoms with E-state index in [0.717, 1.165) is 22.0 Å². The van der Waals surface area contributed by atoms with Crippen LogP contribution in [-0.4, -0.2) is 52.5 Å². The summed E-state index contributed by atoms with van der Waals surface area (Å²) < 4.78 is 35.5. The fourth-order valence-corrected chi connectivity index (χ4v) is 5.87. The molecule has 1 saturated heterocycles. The third kappa shape index (κ3) is 4.22. The van der Waals surface area contributed by atoms with Crippen molar-refractivity contribution >= 4 is 26.9 Å². The van der Waals surface area contributed by atoms with Crippen molar-refractivity contribution in [2.45, 2.75) is 50.7 Å². The zero-order valence-electron chi connectivity index (χ0n) is 18.4. The molecule has 1 aromatic carbocycles. The molecule has 3 heterocycles. The summed E-state index contributed by atoms with van der Waals surface area (Å²) in [6.45, 7) is 6.29. The van der Waals surface area contributed by atoms with Gasteiger partial charge in [-0.3, -0.25) is 9.78 Å². The first kappa shape index (κ1) is 22.3. The van der Waals surface area contributed by atoms with Crippen molar-refractivity contribution in [3.05, 3.63) is 54.0 Å². The molecule has 1 aliphatic rings. The van der Waals surface area contributed by atoms with Crippen LogP contribution >= 0.6 is 0 Å². The molecule has 2 aromatic heterocycles. The van der Waals surface area contributed by atoms with Gasteiger partial charge in [-0.2, -0.15) is 4.31 Å². The van der Waals surface area contributed by atoms with Crippen molar-refractivity contribution in [3.8, 4) is 5.75 Å². The molecule has 1 aliphatic heterocycles. The van der Waals surface area contributed by atoms with Gasteiger partial charge in [0.2, 0.25) is 10.0 Å². The van der Waals surface area contributed by atoms with Gasteiger partial charge in [0, 0.05) is 36.8 Å². The Labute approximate surface area is 187 Å². The molecule has 32 heavy (non-hydrogen) atoms. The summed E-state index contributed by atoms with van der Waals surface area (Å²) in [6, 6.07) is 6.82. The molecule has 3 aromatic rings. The third-order valence-electron chi connectivity index (χ3n) is 5.76. The molecule has 0 bridgehead atoms. The van der Waals surface area contributed by atoms with E-state index in [9.17, 15) is 18.3 Å². The smallest absolute Gasteiger partial charge is 0.323 e. The number of fused-ring (bicyclic) bond motifs is 1. The lowest BCUT2D eigenvalue weighted by atomic mass is 9.98. The first-order valence-electron chi connectivity index (χ1n) is 10.6. The van der Waals surface area contributed by atoms with Crippen LogP contribution in [0.5, 0.6) is 5.75 Å². The topological polar surface area (TPSA) is 102 Å². The molecule has 0 amide bonds. The molecule has 1 fully saturated rings. The predicted molar refractivity (Wildman–Crippen MR) is 120 cm³/mol. The summed E-state index contributed by atoms with van der Waals surface area (Å²) in [5.74, 6) is -0.277. The van der Waals surface area contributed by atoms with Gasteiger partial charge in [0.1, 0.15) is 12.3 Å². The summed E-state index contributed by atoms with van der Waals surface area (Å²) in [5, 5.41) is 10.1. The number of carboxylic acid groups (broad SMARTS) is 1. The minimum absolute atomic E-state index is 0.00829. The number of rotatable bonds is 7. The number of ether oxygens (including phenoxy) is 1. The lowest BCUT2D eigenvalue weighted by molar-refractivity contribution is -0.137. The number of nitrogens with zero attached hydrogens (tertiary/aromatic N) is 3. The van der Waals surface area contributed by atoms with Crippen LogP contribution in [0.15, 0.2) is 47.8 Å². The molecular weight excluding hydrogens is 430 g/mol. The minimum atomic E-state index is -3.65. The van der Waals surface area contributed by atoms with Crippen molar-refractivity contribution < 1.29 is 23.1 Å². The number of benzene rings is 1. The van der Waals surface area contributed by atoms with Crippen molar-refractivity contribution in [2.24, 2.45) is 0 Å². The summed E-state index contributed by atoms with van der Waals surface area (Å²) in [7, 11) is -3.65. The normalized spacial score (nSPS) is 17.3. The largest absolute Gasteiger partial charge is 0.491 e. The Morgan fingerprint density at radius 2 is 2.09 bits per heavy atom. The van der Waals surface area contributed by atoms with Gasteiger partial charge >= 0.3 is 5.97 Å². The van der Waals surface area contributed by atoms with Crippen molar-refractivity contribution in [2.75, 3.05) is 13.1 Å². The number of pyridine rings is 1. The van der Waals surface area contributed by atoms with Gasteiger partial charge in [-0.25, -0.2) is 8.42 Å². The zero-order valence-corrected chi connectivity index (χ0v) is 19.2. The number of hydrogen-bond donors (Lipinski definition) is 1. The number of aliphatic carboxylic acids is 1. The van der Waals surface area contributed by atoms with Crippen LogP contribution in [0.25, 0.3) is 10.9 Å². The molecule has 1 N–H and O–H groups in total. The minimum Gasteiger partial charge on any atom is -0.491 e. The van der Waals surface area contributed by atoms with Crippen molar-refractivity contribution in [3.63, 3.8) is 0 Å². The number of hydrogen-bond acceptors (Lipinski definition) is 5. The Morgan fingerprint density at radius 3 is 2.78 bits per heavy atom. The number of aromatic nitrogens is 2. The first-order chi connectivity index (χ1) is 15.2. The number of sulfonamides is 1. The Bertz CT molecular complexity index is 1270. The molecule has 0 saturated carbocycles. The summed E-state index contributed by atoms with van der Waals surface area (Å²) in [5.41, 5.74) is 2.47. The van der Waals surface area contributed by atoms with Crippen LogP contribution in [-0.2, 0) is 21.4 Å². The summed E-state index contributed by atoms with van der Waals surface area (Å²) >= 11 is 0. The second kappa shape index (κ2) is 8.55. The van der Waals surface area contributed by atoms with Gasteiger partial charge in [0.15, 0.2) is 0 Å². The van der Waals surface area contributed by atoms with E-state index in [1.807, 2.05) is 33.0 Å². The fourth-order valence-electron chi connectivity index (χ4n) is 4.29. The lowest BCUT2D eigenvalue weighted by Gasteiger charge is -2.18. The Hall–Kier alpha value is -2.91. The number of aryl methyl sites for hydroxylation is 1. The number of carboxylic acids is 1. The predicted octanol–water partition coefficient (Wildman–Crippen LogP) is 3.39. The SMILES string of the molecule is Cc1cc(S(=O)(=O)N2CCC(c3cn(CC(=O)O)c4cnccc34)C2)ccc1OC(C)C. The van der Waals surface area contributed by atoms with Gasteiger partial charge in [0.05, 0.1) is 22.7 Å². The third-order valence-corrected chi connectivity index (χ3v) is 7.62. The molecule has 9 heteroatoms. The van der Waals surface area contributed by atoms with Crippen LogP contribution in [0.3, 0.4) is 0 Å². The van der Waals surface area contributed by atoms with E-state index in [2.05, 4.69) is 4.98 Å². The molecule has 8 nitrogen and oxygen atoms in total. The van der Waals surface area contributed by atoms with Crippen LogP contribution in [0, 0.1) is 6.92 Å². The van der Waals surface area contributed by atoms with Crippen molar-refractivity contribution in [1.82, 2.24) is 13.9 Å². The Morgan fingerprint density at radius 1 is 1.31 bits per heavy atom. The Kier molecular flexibility index (Phi) is 5.96. The molecular formula is C23H27N3O5S. The van der Waals surface area contributed by atoms with E-state index in [-0.39, 0.29) is 23.5 Å².